The first-order valence-electron chi connectivity index (χ1n) is 7.42. The molecule has 2 aromatic rings. The number of aliphatic hydroxyl groups excluding tert-OH is 1. The standard InChI is InChI=1S/C18H19N3O/c1-20-10-11-21(17-5-3-2-4-16(17)20)13-18(22)15-8-6-14(12-19)7-9-15/h2-9,18,22H,10-11,13H2,1H3. The Hall–Kier alpha value is -2.51. The van der Waals surface area contributed by atoms with Crippen LogP contribution < -0.4 is 9.80 Å². The van der Waals surface area contributed by atoms with Crippen molar-refractivity contribution in [2.24, 2.45) is 0 Å². The van der Waals surface area contributed by atoms with E-state index >= 15 is 0 Å². The van der Waals surface area contributed by atoms with Crippen molar-refractivity contribution in [1.29, 1.82) is 5.26 Å². The molecule has 1 heterocycles. The van der Waals surface area contributed by atoms with Gasteiger partial charge in [0.1, 0.15) is 0 Å². The maximum absolute atomic E-state index is 10.5. The molecule has 0 radical (unpaired) electrons. The number of hydrogen-bond acceptors (Lipinski definition) is 4. The molecule has 1 unspecified atom stereocenters. The quantitative estimate of drug-likeness (QED) is 0.945. The highest BCUT2D eigenvalue weighted by atomic mass is 16.3. The lowest BCUT2D eigenvalue weighted by Crippen LogP contribution is -2.41. The fourth-order valence-corrected chi connectivity index (χ4v) is 2.85. The number of fused-ring (bicyclic) bond motifs is 1. The summed E-state index contributed by atoms with van der Waals surface area (Å²) in [6.07, 6.45) is -0.566. The Morgan fingerprint density at radius 3 is 2.45 bits per heavy atom. The summed E-state index contributed by atoms with van der Waals surface area (Å²) in [5.41, 5.74) is 3.81. The predicted molar refractivity (Wildman–Crippen MR) is 88.0 cm³/mol. The van der Waals surface area contributed by atoms with Crippen LogP contribution in [0.5, 0.6) is 0 Å². The fourth-order valence-electron chi connectivity index (χ4n) is 2.85. The number of likely N-dealkylation sites (N-methyl/N-ethyl adjacent to an activating group) is 1. The summed E-state index contributed by atoms with van der Waals surface area (Å²) in [6.45, 7) is 2.38. The van der Waals surface area contributed by atoms with Gasteiger partial charge in [-0.15, -0.1) is 0 Å². The molecule has 0 fully saturated rings. The summed E-state index contributed by atoms with van der Waals surface area (Å²) >= 11 is 0. The van der Waals surface area contributed by atoms with Gasteiger partial charge >= 0.3 is 0 Å². The second kappa shape index (κ2) is 6.08. The Kier molecular flexibility index (Phi) is 3.99. The highest BCUT2D eigenvalue weighted by Gasteiger charge is 2.22. The number of aliphatic hydroxyl groups is 1. The third-order valence-electron chi connectivity index (χ3n) is 4.16. The molecule has 0 aliphatic carbocycles. The van der Waals surface area contributed by atoms with E-state index < -0.39 is 6.10 Å². The zero-order valence-corrected chi connectivity index (χ0v) is 12.6. The van der Waals surface area contributed by atoms with Crippen LogP contribution in [0.4, 0.5) is 11.4 Å². The van der Waals surface area contributed by atoms with Crippen LogP contribution in [0.1, 0.15) is 17.2 Å². The highest BCUT2D eigenvalue weighted by Crippen LogP contribution is 2.32. The minimum absolute atomic E-state index is 0.552. The summed E-state index contributed by atoms with van der Waals surface area (Å²) in [6, 6.07) is 17.5. The molecule has 4 nitrogen and oxygen atoms in total. The molecule has 1 atom stereocenters. The Bertz CT molecular complexity index is 690. The molecule has 2 aromatic carbocycles. The van der Waals surface area contributed by atoms with E-state index in [1.54, 1.807) is 12.1 Å². The van der Waals surface area contributed by atoms with E-state index in [4.69, 9.17) is 5.26 Å². The minimum Gasteiger partial charge on any atom is -0.387 e. The molecule has 22 heavy (non-hydrogen) atoms. The molecule has 0 bridgehead atoms. The van der Waals surface area contributed by atoms with Crippen molar-refractivity contribution >= 4 is 11.4 Å². The van der Waals surface area contributed by atoms with Crippen LogP contribution in [0.15, 0.2) is 48.5 Å². The van der Waals surface area contributed by atoms with Crippen molar-refractivity contribution < 1.29 is 5.11 Å². The van der Waals surface area contributed by atoms with Crippen LogP contribution in [0.3, 0.4) is 0 Å². The number of para-hydroxylation sites is 2. The zero-order valence-electron chi connectivity index (χ0n) is 12.6. The molecule has 0 saturated carbocycles. The average molecular weight is 293 g/mol. The molecule has 0 spiro atoms. The van der Waals surface area contributed by atoms with Gasteiger partial charge in [-0.25, -0.2) is 0 Å². The zero-order chi connectivity index (χ0) is 15.5. The first-order valence-corrected chi connectivity index (χ1v) is 7.42. The van der Waals surface area contributed by atoms with Crippen LogP contribution in [-0.2, 0) is 0 Å². The van der Waals surface area contributed by atoms with Gasteiger partial charge in [0.15, 0.2) is 0 Å². The van der Waals surface area contributed by atoms with Crippen molar-refractivity contribution in [3.63, 3.8) is 0 Å². The second-order valence-electron chi connectivity index (χ2n) is 5.61. The van der Waals surface area contributed by atoms with E-state index in [-0.39, 0.29) is 0 Å². The molecule has 1 aliphatic rings. The fraction of sp³-hybridized carbons (Fsp3) is 0.278. The number of anilines is 2. The van der Waals surface area contributed by atoms with Crippen molar-refractivity contribution in [3.05, 3.63) is 59.7 Å². The lowest BCUT2D eigenvalue weighted by molar-refractivity contribution is 0.183. The van der Waals surface area contributed by atoms with Crippen LogP contribution in [0, 0.1) is 11.3 Å². The summed E-state index contributed by atoms with van der Waals surface area (Å²) in [4.78, 5) is 4.46. The SMILES string of the molecule is CN1CCN(CC(O)c2ccc(C#N)cc2)c2ccccc21. The van der Waals surface area contributed by atoms with Crippen molar-refractivity contribution in [2.45, 2.75) is 6.10 Å². The molecule has 0 aromatic heterocycles. The first-order chi connectivity index (χ1) is 10.7. The summed E-state index contributed by atoms with van der Waals surface area (Å²) in [7, 11) is 2.09. The molecule has 1 N–H and O–H groups in total. The third-order valence-corrected chi connectivity index (χ3v) is 4.16. The van der Waals surface area contributed by atoms with Gasteiger partial charge in [-0.1, -0.05) is 24.3 Å². The van der Waals surface area contributed by atoms with Gasteiger partial charge in [-0.2, -0.15) is 5.26 Å². The number of nitrogens with zero attached hydrogens (tertiary/aromatic N) is 3. The van der Waals surface area contributed by atoms with E-state index in [0.717, 1.165) is 24.3 Å². The average Bonchev–Trinajstić information content (AvgIpc) is 2.57. The van der Waals surface area contributed by atoms with E-state index in [1.807, 2.05) is 24.3 Å². The van der Waals surface area contributed by atoms with Gasteiger partial charge < -0.3 is 14.9 Å². The van der Waals surface area contributed by atoms with Crippen molar-refractivity contribution in [3.8, 4) is 6.07 Å². The van der Waals surface area contributed by atoms with E-state index in [0.29, 0.717) is 12.1 Å². The molecule has 0 amide bonds. The van der Waals surface area contributed by atoms with Gasteiger partial charge in [-0.05, 0) is 29.8 Å². The molecule has 1 aliphatic heterocycles. The van der Waals surface area contributed by atoms with E-state index in [2.05, 4.69) is 35.0 Å². The number of rotatable bonds is 3. The first kappa shape index (κ1) is 14.4. The smallest absolute Gasteiger partial charge is 0.0991 e. The Balaban J connectivity index is 1.78. The Morgan fingerprint density at radius 2 is 1.77 bits per heavy atom. The maximum atomic E-state index is 10.5. The van der Waals surface area contributed by atoms with Gasteiger partial charge in [-0.3, -0.25) is 0 Å². The topological polar surface area (TPSA) is 50.5 Å². The molecule has 3 rings (SSSR count). The normalized spacial score (nSPS) is 15.1. The monoisotopic (exact) mass is 293 g/mol. The second-order valence-corrected chi connectivity index (χ2v) is 5.61. The number of β-amino-alcohol motifs (C(OH)–C–C–N with tert-alkyl or cyclic N) is 1. The van der Waals surface area contributed by atoms with Crippen LogP contribution >= 0.6 is 0 Å². The summed E-state index contributed by atoms with van der Waals surface area (Å²) in [5.74, 6) is 0. The molecule has 0 saturated heterocycles. The van der Waals surface area contributed by atoms with E-state index in [9.17, 15) is 5.11 Å². The number of nitriles is 1. The van der Waals surface area contributed by atoms with Crippen molar-refractivity contribution in [2.75, 3.05) is 36.5 Å². The van der Waals surface area contributed by atoms with Crippen LogP contribution in [0.2, 0.25) is 0 Å². The number of benzene rings is 2. The van der Waals surface area contributed by atoms with Gasteiger partial charge in [0.2, 0.25) is 0 Å². The maximum Gasteiger partial charge on any atom is 0.0991 e. The summed E-state index contributed by atoms with van der Waals surface area (Å²) < 4.78 is 0. The van der Waals surface area contributed by atoms with Gasteiger partial charge in [0.05, 0.1) is 29.1 Å². The van der Waals surface area contributed by atoms with Gasteiger partial charge in [0, 0.05) is 26.7 Å². The lowest BCUT2D eigenvalue weighted by Gasteiger charge is -2.38. The molecule has 112 valence electrons. The molecular formula is C18H19N3O. The van der Waals surface area contributed by atoms with E-state index in [1.165, 1.54) is 5.69 Å². The highest BCUT2D eigenvalue weighted by molar-refractivity contribution is 5.73. The van der Waals surface area contributed by atoms with Crippen LogP contribution in [0.25, 0.3) is 0 Å². The number of hydrogen-bond donors (Lipinski definition) is 1. The van der Waals surface area contributed by atoms with Crippen LogP contribution in [-0.4, -0.2) is 31.8 Å². The Morgan fingerprint density at radius 1 is 1.09 bits per heavy atom. The largest absolute Gasteiger partial charge is 0.387 e. The Labute approximate surface area is 130 Å². The molecule has 4 heteroatoms. The summed E-state index contributed by atoms with van der Waals surface area (Å²) in [5, 5.41) is 19.3. The molecular weight excluding hydrogens is 274 g/mol. The van der Waals surface area contributed by atoms with Crippen molar-refractivity contribution in [1.82, 2.24) is 0 Å². The third kappa shape index (κ3) is 2.76. The van der Waals surface area contributed by atoms with Gasteiger partial charge in [0.25, 0.3) is 0 Å². The predicted octanol–water partition coefficient (Wildman–Crippen LogP) is 2.55. The lowest BCUT2D eigenvalue weighted by atomic mass is 10.1. The minimum atomic E-state index is -0.566.